The van der Waals surface area contributed by atoms with Crippen molar-refractivity contribution in [1.29, 1.82) is 0 Å². The summed E-state index contributed by atoms with van der Waals surface area (Å²) in [5.74, 6) is 0.778. The maximum Gasteiger partial charge on any atom is 0.332 e. The number of rotatable bonds is 4. The summed E-state index contributed by atoms with van der Waals surface area (Å²) in [4.78, 5) is 27.7. The maximum atomic E-state index is 13.0. The Balaban J connectivity index is 1.94. The van der Waals surface area contributed by atoms with Crippen molar-refractivity contribution in [3.63, 3.8) is 0 Å². The number of fused-ring (bicyclic) bond motifs is 1. The van der Waals surface area contributed by atoms with Gasteiger partial charge in [0.2, 0.25) is 0 Å². The van der Waals surface area contributed by atoms with Gasteiger partial charge in [0.1, 0.15) is 10.6 Å². The van der Waals surface area contributed by atoms with E-state index in [-0.39, 0.29) is 11.2 Å². The van der Waals surface area contributed by atoms with Gasteiger partial charge >= 0.3 is 5.69 Å². The van der Waals surface area contributed by atoms with E-state index < -0.39 is 0 Å². The predicted octanol–water partition coefficient (Wildman–Crippen LogP) is 4.41. The molecule has 0 atom stereocenters. The minimum atomic E-state index is -0.298. The van der Waals surface area contributed by atoms with Gasteiger partial charge in [-0.3, -0.25) is 13.9 Å². The molecule has 0 spiro atoms. The minimum Gasteiger partial charge on any atom is -0.497 e. The average molecular weight is 421 g/mol. The normalized spacial score (nSPS) is 11.2. The van der Waals surface area contributed by atoms with Gasteiger partial charge in [-0.2, -0.15) is 0 Å². The Morgan fingerprint density at radius 1 is 0.967 bits per heavy atom. The van der Waals surface area contributed by atoms with Gasteiger partial charge in [-0.1, -0.05) is 18.2 Å². The molecule has 4 aromatic rings. The van der Waals surface area contributed by atoms with E-state index in [1.165, 1.54) is 27.0 Å². The molecule has 0 amide bonds. The number of benzene rings is 2. The Morgan fingerprint density at radius 2 is 1.67 bits per heavy atom. The molecule has 2 heterocycles. The molecule has 0 bridgehead atoms. The molecule has 154 valence electrons. The third-order valence-corrected chi connectivity index (χ3v) is 7.04. The van der Waals surface area contributed by atoms with Crippen LogP contribution in [0, 0.1) is 20.8 Å². The van der Waals surface area contributed by atoms with Gasteiger partial charge in [0.25, 0.3) is 5.56 Å². The molecule has 5 nitrogen and oxygen atoms in total. The third kappa shape index (κ3) is 3.27. The average Bonchev–Trinajstić information content (AvgIpc) is 3.09. The molecule has 0 unspecified atom stereocenters. The zero-order valence-corrected chi connectivity index (χ0v) is 18.6. The van der Waals surface area contributed by atoms with Crippen LogP contribution >= 0.6 is 11.3 Å². The topological polar surface area (TPSA) is 53.2 Å². The van der Waals surface area contributed by atoms with Gasteiger partial charge in [0, 0.05) is 11.9 Å². The molecule has 0 N–H and O–H groups in total. The van der Waals surface area contributed by atoms with E-state index in [0.717, 1.165) is 27.3 Å². The van der Waals surface area contributed by atoms with Crippen LogP contribution in [0.15, 0.2) is 52.1 Å². The summed E-state index contributed by atoms with van der Waals surface area (Å²) < 4.78 is 8.18. The van der Waals surface area contributed by atoms with Crippen molar-refractivity contribution in [2.24, 2.45) is 7.05 Å². The smallest absolute Gasteiger partial charge is 0.332 e. The number of hydrogen-bond donors (Lipinski definition) is 0. The van der Waals surface area contributed by atoms with E-state index in [2.05, 4.69) is 26.0 Å². The van der Waals surface area contributed by atoms with E-state index in [9.17, 15) is 9.59 Å². The fourth-order valence-electron chi connectivity index (χ4n) is 3.70. The molecule has 0 saturated heterocycles. The first-order chi connectivity index (χ1) is 14.3. The molecular formula is C24H24N2O3S. The first kappa shape index (κ1) is 20.2. The minimum absolute atomic E-state index is 0.250. The van der Waals surface area contributed by atoms with Crippen LogP contribution in [0.2, 0.25) is 0 Å². The lowest BCUT2D eigenvalue weighted by Gasteiger charge is -2.11. The predicted molar refractivity (Wildman–Crippen MR) is 123 cm³/mol. The Bertz CT molecular complexity index is 1380. The van der Waals surface area contributed by atoms with Crippen molar-refractivity contribution < 1.29 is 4.74 Å². The number of aryl methyl sites for hydroxylation is 3. The molecule has 0 saturated carbocycles. The van der Waals surface area contributed by atoms with Crippen molar-refractivity contribution in [2.45, 2.75) is 27.3 Å². The van der Waals surface area contributed by atoms with E-state index in [4.69, 9.17) is 4.74 Å². The van der Waals surface area contributed by atoms with E-state index in [0.29, 0.717) is 16.8 Å². The summed E-state index contributed by atoms with van der Waals surface area (Å²) in [7, 11) is 3.18. The number of hydrogen-bond acceptors (Lipinski definition) is 4. The second-order valence-corrected chi connectivity index (χ2v) is 8.62. The lowest BCUT2D eigenvalue weighted by atomic mass is 10.1. The molecule has 2 aromatic heterocycles. The monoisotopic (exact) mass is 420 g/mol. The van der Waals surface area contributed by atoms with Crippen molar-refractivity contribution in [2.75, 3.05) is 7.11 Å². The highest BCUT2D eigenvalue weighted by atomic mass is 32.1. The molecule has 0 radical (unpaired) electrons. The zero-order chi connectivity index (χ0) is 21.6. The number of nitrogens with zero attached hydrogens (tertiary/aromatic N) is 2. The number of thiophene rings is 1. The van der Waals surface area contributed by atoms with Crippen molar-refractivity contribution >= 4 is 21.6 Å². The molecule has 0 aliphatic carbocycles. The van der Waals surface area contributed by atoms with Gasteiger partial charge in [0.15, 0.2) is 0 Å². The van der Waals surface area contributed by atoms with Crippen LogP contribution in [0.25, 0.3) is 20.7 Å². The van der Waals surface area contributed by atoms with Crippen molar-refractivity contribution in [3.8, 4) is 16.2 Å². The highest BCUT2D eigenvalue weighted by molar-refractivity contribution is 7.22. The molecule has 30 heavy (non-hydrogen) atoms. The first-order valence-corrected chi connectivity index (χ1v) is 10.6. The van der Waals surface area contributed by atoms with E-state index >= 15 is 0 Å². The van der Waals surface area contributed by atoms with Crippen LogP contribution in [-0.4, -0.2) is 16.2 Å². The summed E-state index contributed by atoms with van der Waals surface area (Å²) in [6, 6.07) is 14.0. The lowest BCUT2D eigenvalue weighted by molar-refractivity contribution is 0.415. The van der Waals surface area contributed by atoms with Crippen LogP contribution in [0.1, 0.15) is 22.3 Å². The van der Waals surface area contributed by atoms with Crippen LogP contribution in [0.5, 0.6) is 5.75 Å². The first-order valence-electron chi connectivity index (χ1n) is 9.75. The Labute approximate surface area is 178 Å². The fourth-order valence-corrected chi connectivity index (χ4v) is 5.00. The molecule has 0 aliphatic heterocycles. The van der Waals surface area contributed by atoms with Gasteiger partial charge in [0.05, 0.1) is 19.0 Å². The number of ether oxygens (including phenoxy) is 1. The third-order valence-electron chi connectivity index (χ3n) is 5.67. The van der Waals surface area contributed by atoms with Gasteiger partial charge in [-0.05, 0) is 72.9 Å². The summed E-state index contributed by atoms with van der Waals surface area (Å²) in [5.41, 5.74) is 4.79. The number of aromatic nitrogens is 2. The largest absolute Gasteiger partial charge is 0.497 e. The SMILES string of the molecule is COc1ccc(-c2sc3c(c2C)c(=O)n(C)c(=O)n3Cc2ccc(C)c(C)c2)cc1. The Hall–Kier alpha value is -3.12. The second-order valence-electron chi connectivity index (χ2n) is 7.62. The zero-order valence-electron chi connectivity index (χ0n) is 17.8. The van der Waals surface area contributed by atoms with Gasteiger partial charge in [-0.15, -0.1) is 11.3 Å². The maximum absolute atomic E-state index is 13.0. The Morgan fingerprint density at radius 3 is 2.30 bits per heavy atom. The highest BCUT2D eigenvalue weighted by Gasteiger charge is 2.19. The van der Waals surface area contributed by atoms with E-state index in [1.807, 2.05) is 37.3 Å². The molecule has 0 fully saturated rings. The summed E-state index contributed by atoms with van der Waals surface area (Å²) >= 11 is 1.49. The molecule has 4 rings (SSSR count). The lowest BCUT2D eigenvalue weighted by Crippen LogP contribution is -2.38. The molecule has 6 heteroatoms. The molecule has 0 aliphatic rings. The second kappa shape index (κ2) is 7.61. The molecular weight excluding hydrogens is 396 g/mol. The van der Waals surface area contributed by atoms with Crippen LogP contribution in [-0.2, 0) is 13.6 Å². The van der Waals surface area contributed by atoms with Crippen molar-refractivity contribution in [3.05, 3.63) is 85.6 Å². The molecule has 2 aromatic carbocycles. The summed E-state index contributed by atoms with van der Waals surface area (Å²) in [5, 5.41) is 0.608. The van der Waals surface area contributed by atoms with Gasteiger partial charge in [-0.25, -0.2) is 4.79 Å². The Kier molecular flexibility index (Phi) is 5.12. The van der Waals surface area contributed by atoms with Gasteiger partial charge < -0.3 is 4.74 Å². The van der Waals surface area contributed by atoms with Crippen LogP contribution < -0.4 is 16.0 Å². The summed E-state index contributed by atoms with van der Waals surface area (Å²) in [6.45, 7) is 6.51. The quantitative estimate of drug-likeness (QED) is 0.491. The van der Waals surface area contributed by atoms with Crippen molar-refractivity contribution in [1.82, 2.24) is 9.13 Å². The van der Waals surface area contributed by atoms with E-state index in [1.54, 1.807) is 18.7 Å². The fraction of sp³-hybridized carbons (Fsp3) is 0.250. The van der Waals surface area contributed by atoms with Crippen LogP contribution in [0.3, 0.4) is 0 Å². The van der Waals surface area contributed by atoms with Crippen LogP contribution in [0.4, 0.5) is 0 Å². The highest BCUT2D eigenvalue weighted by Crippen LogP contribution is 2.37. The number of methoxy groups -OCH3 is 1. The standard InChI is InChI=1S/C24H24N2O3S/c1-14-6-7-17(12-15(14)2)13-26-23-20(22(27)25(4)24(26)28)16(3)21(30-23)18-8-10-19(29-5)11-9-18/h6-12H,13H2,1-5H3. The summed E-state index contributed by atoms with van der Waals surface area (Å²) in [6.07, 6.45) is 0.